The molecule has 0 aliphatic carbocycles. The summed E-state index contributed by atoms with van der Waals surface area (Å²) in [5.41, 5.74) is 6.24. The molecule has 0 saturated carbocycles. The maximum atomic E-state index is 12.4. The average Bonchev–Trinajstić information content (AvgIpc) is 2.54. The van der Waals surface area contributed by atoms with Crippen molar-refractivity contribution in [1.82, 2.24) is 4.57 Å². The fraction of sp³-hybridized carbons (Fsp3) is 0.500. The zero-order valence-electron chi connectivity index (χ0n) is 16.4. The third-order valence-corrected chi connectivity index (χ3v) is 4.76. The number of rotatable bonds is 5. The Labute approximate surface area is 151 Å². The van der Waals surface area contributed by atoms with Crippen molar-refractivity contribution in [3.05, 3.63) is 57.0 Å². The predicted octanol–water partition coefficient (Wildman–Crippen LogP) is 4.72. The van der Waals surface area contributed by atoms with Crippen LogP contribution in [0, 0.1) is 13.8 Å². The van der Waals surface area contributed by atoms with Gasteiger partial charge in [-0.25, -0.2) is 0 Å². The van der Waals surface area contributed by atoms with Gasteiger partial charge in [0.1, 0.15) is 0 Å². The maximum Gasteiger partial charge on any atom is 0.253 e. The van der Waals surface area contributed by atoms with Crippen molar-refractivity contribution >= 4 is 0 Å². The zero-order valence-corrected chi connectivity index (χ0v) is 16.4. The molecule has 3 nitrogen and oxygen atoms in total. The number of benzene rings is 1. The molecule has 1 aromatic heterocycles. The molecule has 0 unspecified atom stereocenters. The highest BCUT2D eigenvalue weighted by Crippen LogP contribution is 2.33. The van der Waals surface area contributed by atoms with E-state index in [2.05, 4.69) is 46.8 Å². The molecule has 0 aliphatic rings. The second-order valence-electron chi connectivity index (χ2n) is 8.00. The minimum atomic E-state index is -0.00811. The van der Waals surface area contributed by atoms with E-state index in [0.29, 0.717) is 0 Å². The number of hydrogen-bond donors (Lipinski definition) is 1. The summed E-state index contributed by atoms with van der Waals surface area (Å²) >= 11 is 0. The van der Waals surface area contributed by atoms with Crippen LogP contribution in [0.15, 0.2) is 29.2 Å². The van der Waals surface area contributed by atoms with Gasteiger partial charge in [0.15, 0.2) is 0 Å². The smallest absolute Gasteiger partial charge is 0.253 e. The third-order valence-electron chi connectivity index (χ3n) is 4.76. The second kappa shape index (κ2) is 7.57. The van der Waals surface area contributed by atoms with Crippen LogP contribution in [-0.4, -0.2) is 9.67 Å². The SMILES string of the molecule is CCCCn1cc(-c2cc(C)c(C(C)(C)C)cc2CO)cc(C)c1=O. The first kappa shape index (κ1) is 19.5. The van der Waals surface area contributed by atoms with Crippen molar-refractivity contribution in [1.29, 1.82) is 0 Å². The molecule has 0 aliphatic heterocycles. The van der Waals surface area contributed by atoms with Crippen molar-refractivity contribution in [3.8, 4) is 11.1 Å². The Morgan fingerprint density at radius 1 is 1.08 bits per heavy atom. The molecule has 0 saturated heterocycles. The first-order chi connectivity index (χ1) is 11.7. The van der Waals surface area contributed by atoms with Crippen molar-refractivity contribution in [2.45, 2.75) is 73.0 Å². The number of aryl methyl sites for hydroxylation is 3. The monoisotopic (exact) mass is 341 g/mol. The fourth-order valence-electron chi connectivity index (χ4n) is 3.39. The van der Waals surface area contributed by atoms with Gasteiger partial charge in [-0.1, -0.05) is 46.2 Å². The topological polar surface area (TPSA) is 42.2 Å². The molecule has 0 amide bonds. The van der Waals surface area contributed by atoms with Gasteiger partial charge in [-0.05, 0) is 59.6 Å². The Hall–Kier alpha value is -1.87. The normalized spacial score (nSPS) is 11.8. The van der Waals surface area contributed by atoms with Crippen LogP contribution in [0.25, 0.3) is 11.1 Å². The van der Waals surface area contributed by atoms with Gasteiger partial charge in [0.2, 0.25) is 0 Å². The number of hydrogen-bond acceptors (Lipinski definition) is 2. The van der Waals surface area contributed by atoms with Crippen molar-refractivity contribution in [2.75, 3.05) is 0 Å². The van der Waals surface area contributed by atoms with Crippen LogP contribution >= 0.6 is 0 Å². The van der Waals surface area contributed by atoms with E-state index in [1.807, 2.05) is 23.8 Å². The van der Waals surface area contributed by atoms with Gasteiger partial charge in [0.05, 0.1) is 6.61 Å². The van der Waals surface area contributed by atoms with Gasteiger partial charge in [0.25, 0.3) is 5.56 Å². The van der Waals surface area contributed by atoms with Crippen molar-refractivity contribution < 1.29 is 5.11 Å². The van der Waals surface area contributed by atoms with E-state index in [9.17, 15) is 9.90 Å². The van der Waals surface area contributed by atoms with E-state index < -0.39 is 0 Å². The molecule has 1 heterocycles. The minimum Gasteiger partial charge on any atom is -0.392 e. The molecule has 1 N–H and O–H groups in total. The highest BCUT2D eigenvalue weighted by Gasteiger charge is 2.19. The molecule has 136 valence electrons. The summed E-state index contributed by atoms with van der Waals surface area (Å²) in [5, 5.41) is 9.93. The minimum absolute atomic E-state index is 0.00811. The summed E-state index contributed by atoms with van der Waals surface area (Å²) in [5.74, 6) is 0. The van der Waals surface area contributed by atoms with Gasteiger partial charge in [0, 0.05) is 18.3 Å². The highest BCUT2D eigenvalue weighted by atomic mass is 16.3. The largest absolute Gasteiger partial charge is 0.392 e. The van der Waals surface area contributed by atoms with Crippen molar-refractivity contribution in [3.63, 3.8) is 0 Å². The van der Waals surface area contributed by atoms with Crippen molar-refractivity contribution in [2.24, 2.45) is 0 Å². The second-order valence-corrected chi connectivity index (χ2v) is 8.00. The number of nitrogens with zero attached hydrogens (tertiary/aromatic N) is 1. The van der Waals surface area contributed by atoms with E-state index in [1.165, 1.54) is 11.1 Å². The van der Waals surface area contributed by atoms with Gasteiger partial charge in [-0.3, -0.25) is 4.79 Å². The zero-order chi connectivity index (χ0) is 18.8. The maximum absolute atomic E-state index is 12.4. The highest BCUT2D eigenvalue weighted by molar-refractivity contribution is 5.69. The Morgan fingerprint density at radius 2 is 1.76 bits per heavy atom. The van der Waals surface area contributed by atoms with Crippen LogP contribution in [-0.2, 0) is 18.6 Å². The van der Waals surface area contributed by atoms with E-state index >= 15 is 0 Å². The number of pyridine rings is 1. The van der Waals surface area contributed by atoms with E-state index in [4.69, 9.17) is 0 Å². The molecule has 0 spiro atoms. The summed E-state index contributed by atoms with van der Waals surface area (Å²) < 4.78 is 1.81. The summed E-state index contributed by atoms with van der Waals surface area (Å²) in [4.78, 5) is 12.4. The summed E-state index contributed by atoms with van der Waals surface area (Å²) in [6.07, 6.45) is 3.98. The Balaban J connectivity index is 2.64. The lowest BCUT2D eigenvalue weighted by atomic mass is 9.81. The first-order valence-corrected chi connectivity index (χ1v) is 9.15. The molecule has 1 aromatic carbocycles. The van der Waals surface area contributed by atoms with Gasteiger partial charge >= 0.3 is 0 Å². The summed E-state index contributed by atoms with van der Waals surface area (Å²) in [6, 6.07) is 6.20. The summed E-state index contributed by atoms with van der Waals surface area (Å²) in [6.45, 7) is 13.4. The number of aromatic nitrogens is 1. The average molecular weight is 341 g/mol. The predicted molar refractivity (Wildman–Crippen MR) is 105 cm³/mol. The number of aliphatic hydroxyl groups is 1. The van der Waals surface area contributed by atoms with Gasteiger partial charge in [-0.2, -0.15) is 0 Å². The van der Waals surface area contributed by atoms with Gasteiger partial charge in [-0.15, -0.1) is 0 Å². The first-order valence-electron chi connectivity index (χ1n) is 9.15. The molecule has 3 heteroatoms. The Bertz CT molecular complexity index is 810. The van der Waals surface area contributed by atoms with Crippen LogP contribution in [0.2, 0.25) is 0 Å². The molecule has 0 bridgehead atoms. The number of aliphatic hydroxyl groups excluding tert-OH is 1. The van der Waals surface area contributed by atoms with Gasteiger partial charge < -0.3 is 9.67 Å². The molecule has 2 rings (SSSR count). The third kappa shape index (κ3) is 4.21. The quantitative estimate of drug-likeness (QED) is 0.855. The Morgan fingerprint density at radius 3 is 2.32 bits per heavy atom. The fourth-order valence-corrected chi connectivity index (χ4v) is 3.39. The number of unbranched alkanes of at least 4 members (excludes halogenated alkanes) is 1. The standard InChI is InChI=1S/C22H31NO2/c1-7-8-9-23-13-17(10-16(3)21(23)25)19-11-15(2)20(22(4,5)6)12-18(19)14-24/h10-13,24H,7-9,14H2,1-6H3. The molecule has 0 radical (unpaired) electrons. The lowest BCUT2D eigenvalue weighted by Gasteiger charge is -2.24. The summed E-state index contributed by atoms with van der Waals surface area (Å²) in [7, 11) is 0. The lowest BCUT2D eigenvalue weighted by molar-refractivity contribution is 0.282. The van der Waals surface area contributed by atoms with E-state index in [1.54, 1.807) is 0 Å². The van der Waals surface area contributed by atoms with Crippen LogP contribution in [0.5, 0.6) is 0 Å². The molecule has 2 aromatic rings. The van der Waals surface area contributed by atoms with E-state index in [-0.39, 0.29) is 17.6 Å². The molecular formula is C22H31NO2. The lowest BCUT2D eigenvalue weighted by Crippen LogP contribution is -2.22. The molecule has 0 atom stereocenters. The van der Waals surface area contributed by atoms with Crippen LogP contribution in [0.3, 0.4) is 0 Å². The molecule has 0 fully saturated rings. The van der Waals surface area contributed by atoms with Crippen LogP contribution in [0.1, 0.15) is 62.8 Å². The van der Waals surface area contributed by atoms with Crippen LogP contribution in [0.4, 0.5) is 0 Å². The van der Waals surface area contributed by atoms with Crippen LogP contribution < -0.4 is 5.56 Å². The molecular weight excluding hydrogens is 310 g/mol. The van der Waals surface area contributed by atoms with E-state index in [0.717, 1.165) is 41.6 Å². The molecule has 25 heavy (non-hydrogen) atoms. The Kier molecular flexibility index (Phi) is 5.89.